The molecule has 1 fully saturated rings. The summed E-state index contributed by atoms with van der Waals surface area (Å²) in [7, 11) is -3.36. The molecule has 1 heterocycles. The van der Waals surface area contributed by atoms with Crippen molar-refractivity contribution < 1.29 is 13.2 Å². The molecule has 0 atom stereocenters. The van der Waals surface area contributed by atoms with Crippen molar-refractivity contribution in [2.24, 2.45) is 0 Å². The van der Waals surface area contributed by atoms with Crippen LogP contribution < -0.4 is 0 Å². The fraction of sp³-hybridized carbons (Fsp3) is 0.385. The molecule has 1 aliphatic heterocycles. The zero-order valence-electron chi connectivity index (χ0n) is 10.4. The standard InChI is InChI=1S/C13H17NO3S/c1-2-3-12-4-6-13(7-5-12)18(15,16)14-8-10-17-11-9-14/h2-7H,8-11H2,1H3/b3-2+. The van der Waals surface area contributed by atoms with Crippen LogP contribution in [0.5, 0.6) is 0 Å². The molecule has 5 heteroatoms. The Morgan fingerprint density at radius 2 is 1.78 bits per heavy atom. The van der Waals surface area contributed by atoms with Crippen LogP contribution in [0.15, 0.2) is 35.2 Å². The van der Waals surface area contributed by atoms with Gasteiger partial charge in [0, 0.05) is 13.1 Å². The molecule has 0 aliphatic carbocycles. The molecular formula is C13H17NO3S. The van der Waals surface area contributed by atoms with Crippen molar-refractivity contribution >= 4 is 16.1 Å². The molecule has 4 nitrogen and oxygen atoms in total. The Labute approximate surface area is 108 Å². The van der Waals surface area contributed by atoms with Crippen LogP contribution in [-0.4, -0.2) is 39.0 Å². The van der Waals surface area contributed by atoms with Crippen molar-refractivity contribution in [2.75, 3.05) is 26.3 Å². The number of sulfonamides is 1. The van der Waals surface area contributed by atoms with Crippen molar-refractivity contribution in [3.05, 3.63) is 35.9 Å². The summed E-state index contributed by atoms with van der Waals surface area (Å²) in [6.07, 6.45) is 3.86. The predicted octanol–water partition coefficient (Wildman–Crippen LogP) is 1.74. The molecular weight excluding hydrogens is 250 g/mol. The van der Waals surface area contributed by atoms with Gasteiger partial charge in [0.15, 0.2) is 0 Å². The van der Waals surface area contributed by atoms with Gasteiger partial charge in [-0.2, -0.15) is 4.31 Å². The SMILES string of the molecule is C/C=C/c1ccc(S(=O)(=O)N2CCOCC2)cc1. The second-order valence-corrected chi connectivity index (χ2v) is 6.02. The predicted molar refractivity (Wildman–Crippen MR) is 70.7 cm³/mol. The molecule has 1 aromatic carbocycles. The van der Waals surface area contributed by atoms with Crippen molar-refractivity contribution in [1.29, 1.82) is 0 Å². The van der Waals surface area contributed by atoms with E-state index in [-0.39, 0.29) is 0 Å². The molecule has 1 saturated heterocycles. The average molecular weight is 267 g/mol. The quantitative estimate of drug-likeness (QED) is 0.838. The molecule has 2 rings (SSSR count). The minimum absolute atomic E-state index is 0.345. The van der Waals surface area contributed by atoms with E-state index in [1.807, 2.05) is 31.2 Å². The maximum atomic E-state index is 12.3. The molecule has 18 heavy (non-hydrogen) atoms. The van der Waals surface area contributed by atoms with Crippen LogP contribution in [-0.2, 0) is 14.8 Å². The molecule has 0 radical (unpaired) electrons. The molecule has 0 N–H and O–H groups in total. The fourth-order valence-electron chi connectivity index (χ4n) is 1.88. The first-order valence-electron chi connectivity index (χ1n) is 5.95. The summed E-state index contributed by atoms with van der Waals surface area (Å²) < 4.78 is 31.3. The summed E-state index contributed by atoms with van der Waals surface area (Å²) in [5, 5.41) is 0. The van der Waals surface area contributed by atoms with E-state index in [0.29, 0.717) is 31.2 Å². The zero-order valence-corrected chi connectivity index (χ0v) is 11.2. The number of hydrogen-bond donors (Lipinski definition) is 0. The third kappa shape index (κ3) is 2.80. The minimum atomic E-state index is -3.36. The Kier molecular flexibility index (Phi) is 4.16. The van der Waals surface area contributed by atoms with E-state index in [9.17, 15) is 8.42 Å². The van der Waals surface area contributed by atoms with E-state index in [1.165, 1.54) is 4.31 Å². The normalized spacial score (nSPS) is 18.3. The van der Waals surface area contributed by atoms with Crippen molar-refractivity contribution in [1.82, 2.24) is 4.31 Å². The van der Waals surface area contributed by atoms with Crippen LogP contribution in [0.2, 0.25) is 0 Å². The Morgan fingerprint density at radius 3 is 2.33 bits per heavy atom. The van der Waals surface area contributed by atoms with Crippen LogP contribution >= 0.6 is 0 Å². The molecule has 0 bridgehead atoms. The Balaban J connectivity index is 2.23. The second kappa shape index (κ2) is 5.65. The lowest BCUT2D eigenvalue weighted by molar-refractivity contribution is 0.0730. The van der Waals surface area contributed by atoms with Gasteiger partial charge in [-0.3, -0.25) is 0 Å². The largest absolute Gasteiger partial charge is 0.379 e. The van der Waals surface area contributed by atoms with Crippen LogP contribution in [0.25, 0.3) is 6.08 Å². The summed E-state index contributed by atoms with van der Waals surface area (Å²) in [5.41, 5.74) is 0.999. The summed E-state index contributed by atoms with van der Waals surface area (Å²) in [4.78, 5) is 0.345. The van der Waals surface area contributed by atoms with E-state index in [4.69, 9.17) is 4.74 Å². The monoisotopic (exact) mass is 267 g/mol. The first-order chi connectivity index (χ1) is 8.64. The lowest BCUT2D eigenvalue weighted by Crippen LogP contribution is -2.40. The van der Waals surface area contributed by atoms with Crippen molar-refractivity contribution in [3.8, 4) is 0 Å². The smallest absolute Gasteiger partial charge is 0.243 e. The van der Waals surface area contributed by atoms with Gasteiger partial charge in [0.25, 0.3) is 0 Å². The topological polar surface area (TPSA) is 46.6 Å². The highest BCUT2D eigenvalue weighted by atomic mass is 32.2. The highest BCUT2D eigenvalue weighted by molar-refractivity contribution is 7.89. The molecule has 98 valence electrons. The average Bonchev–Trinajstić information content (AvgIpc) is 2.41. The second-order valence-electron chi connectivity index (χ2n) is 4.09. The summed E-state index contributed by atoms with van der Waals surface area (Å²) >= 11 is 0. The van der Waals surface area contributed by atoms with Crippen molar-refractivity contribution in [2.45, 2.75) is 11.8 Å². The van der Waals surface area contributed by atoms with Gasteiger partial charge in [0.2, 0.25) is 10.0 Å². The lowest BCUT2D eigenvalue weighted by Gasteiger charge is -2.26. The molecule has 0 saturated carbocycles. The molecule has 1 aliphatic rings. The van der Waals surface area contributed by atoms with Gasteiger partial charge in [0.05, 0.1) is 18.1 Å². The minimum Gasteiger partial charge on any atom is -0.379 e. The number of rotatable bonds is 3. The molecule has 0 spiro atoms. The Bertz CT molecular complexity index is 514. The number of morpholine rings is 1. The molecule has 0 unspecified atom stereocenters. The maximum Gasteiger partial charge on any atom is 0.243 e. The lowest BCUT2D eigenvalue weighted by atomic mass is 10.2. The molecule has 0 amide bonds. The highest BCUT2D eigenvalue weighted by Gasteiger charge is 2.25. The summed E-state index contributed by atoms with van der Waals surface area (Å²) in [6, 6.07) is 6.93. The van der Waals surface area contributed by atoms with Gasteiger partial charge in [-0.15, -0.1) is 0 Å². The van der Waals surface area contributed by atoms with E-state index in [1.54, 1.807) is 12.1 Å². The van der Waals surface area contributed by atoms with Crippen LogP contribution in [0, 0.1) is 0 Å². The first kappa shape index (κ1) is 13.3. The maximum absolute atomic E-state index is 12.3. The van der Waals surface area contributed by atoms with E-state index in [0.717, 1.165) is 5.56 Å². The van der Waals surface area contributed by atoms with Crippen LogP contribution in [0.1, 0.15) is 12.5 Å². The number of ether oxygens (including phenoxy) is 1. The number of allylic oxidation sites excluding steroid dienone is 1. The number of nitrogens with zero attached hydrogens (tertiary/aromatic N) is 1. The van der Waals surface area contributed by atoms with Gasteiger partial charge in [-0.25, -0.2) is 8.42 Å². The number of benzene rings is 1. The Morgan fingerprint density at radius 1 is 1.17 bits per heavy atom. The van der Waals surface area contributed by atoms with Gasteiger partial charge >= 0.3 is 0 Å². The van der Waals surface area contributed by atoms with Gasteiger partial charge in [-0.1, -0.05) is 24.3 Å². The fourth-order valence-corrected chi connectivity index (χ4v) is 3.29. The third-order valence-corrected chi connectivity index (χ3v) is 4.76. The van der Waals surface area contributed by atoms with Gasteiger partial charge < -0.3 is 4.74 Å². The van der Waals surface area contributed by atoms with Gasteiger partial charge in [0.1, 0.15) is 0 Å². The first-order valence-corrected chi connectivity index (χ1v) is 7.39. The molecule has 0 aromatic heterocycles. The Hall–Kier alpha value is -1.17. The molecule has 1 aromatic rings. The van der Waals surface area contributed by atoms with E-state index < -0.39 is 10.0 Å². The third-order valence-electron chi connectivity index (χ3n) is 2.85. The van der Waals surface area contributed by atoms with Crippen LogP contribution in [0.4, 0.5) is 0 Å². The number of hydrogen-bond acceptors (Lipinski definition) is 3. The highest BCUT2D eigenvalue weighted by Crippen LogP contribution is 2.18. The summed E-state index contributed by atoms with van der Waals surface area (Å²) in [5.74, 6) is 0. The van der Waals surface area contributed by atoms with Crippen molar-refractivity contribution in [3.63, 3.8) is 0 Å². The van der Waals surface area contributed by atoms with Gasteiger partial charge in [-0.05, 0) is 24.6 Å². The summed E-state index contributed by atoms with van der Waals surface area (Å²) in [6.45, 7) is 3.72. The van der Waals surface area contributed by atoms with E-state index >= 15 is 0 Å². The van der Waals surface area contributed by atoms with E-state index in [2.05, 4.69) is 0 Å². The van der Waals surface area contributed by atoms with Crippen LogP contribution in [0.3, 0.4) is 0 Å². The zero-order chi connectivity index (χ0) is 13.0.